The Morgan fingerprint density at radius 3 is 2.56 bits per heavy atom. The SMILES string of the molecule is NCCCC1CCCN(CC(F)(F)F)CC1. The van der Waals surface area contributed by atoms with E-state index in [4.69, 9.17) is 5.73 Å². The normalized spacial score (nSPS) is 24.4. The molecule has 2 nitrogen and oxygen atoms in total. The van der Waals surface area contributed by atoms with Gasteiger partial charge < -0.3 is 5.73 Å². The molecule has 1 atom stereocenters. The lowest BCUT2D eigenvalue weighted by molar-refractivity contribution is -0.145. The molecule has 0 bridgehead atoms. The summed E-state index contributed by atoms with van der Waals surface area (Å²) in [6.45, 7) is 1.09. The van der Waals surface area contributed by atoms with Crippen molar-refractivity contribution in [3.63, 3.8) is 0 Å². The standard InChI is InChI=1S/C11H21F3N2/c12-11(13,14)9-16-7-2-4-10(5-8-16)3-1-6-15/h10H,1-9,15H2. The molecule has 1 unspecified atom stereocenters. The lowest BCUT2D eigenvalue weighted by Gasteiger charge is -2.21. The highest BCUT2D eigenvalue weighted by Crippen LogP contribution is 2.24. The van der Waals surface area contributed by atoms with E-state index in [9.17, 15) is 13.2 Å². The van der Waals surface area contributed by atoms with Gasteiger partial charge in [-0.15, -0.1) is 0 Å². The summed E-state index contributed by atoms with van der Waals surface area (Å²) in [7, 11) is 0. The van der Waals surface area contributed by atoms with E-state index in [1.165, 1.54) is 4.90 Å². The smallest absolute Gasteiger partial charge is 0.330 e. The minimum atomic E-state index is -4.06. The van der Waals surface area contributed by atoms with E-state index in [1.807, 2.05) is 0 Å². The number of alkyl halides is 3. The molecule has 96 valence electrons. The number of nitrogens with zero attached hydrogens (tertiary/aromatic N) is 1. The number of rotatable bonds is 4. The van der Waals surface area contributed by atoms with E-state index in [0.29, 0.717) is 25.6 Å². The van der Waals surface area contributed by atoms with Crippen LogP contribution in [0.25, 0.3) is 0 Å². The van der Waals surface area contributed by atoms with Gasteiger partial charge in [-0.3, -0.25) is 4.90 Å². The van der Waals surface area contributed by atoms with Gasteiger partial charge in [0.05, 0.1) is 6.54 Å². The van der Waals surface area contributed by atoms with Crippen LogP contribution in [-0.2, 0) is 0 Å². The van der Waals surface area contributed by atoms with Crippen molar-refractivity contribution in [3.05, 3.63) is 0 Å². The van der Waals surface area contributed by atoms with Crippen molar-refractivity contribution in [1.29, 1.82) is 0 Å². The molecule has 0 radical (unpaired) electrons. The van der Waals surface area contributed by atoms with E-state index in [2.05, 4.69) is 0 Å². The lowest BCUT2D eigenvalue weighted by Crippen LogP contribution is -2.34. The van der Waals surface area contributed by atoms with Crippen LogP contribution in [0.5, 0.6) is 0 Å². The fraction of sp³-hybridized carbons (Fsp3) is 1.00. The van der Waals surface area contributed by atoms with Gasteiger partial charge in [0.15, 0.2) is 0 Å². The molecule has 0 aromatic rings. The Hall–Kier alpha value is -0.290. The van der Waals surface area contributed by atoms with Crippen molar-refractivity contribution in [1.82, 2.24) is 4.90 Å². The molecule has 0 aromatic heterocycles. The molecule has 16 heavy (non-hydrogen) atoms. The molecule has 1 heterocycles. The Kier molecular flexibility index (Phi) is 5.55. The molecule has 5 heteroatoms. The Morgan fingerprint density at radius 2 is 1.94 bits per heavy atom. The van der Waals surface area contributed by atoms with Crippen LogP contribution in [0.15, 0.2) is 0 Å². The molecule has 0 aromatic carbocycles. The van der Waals surface area contributed by atoms with Crippen molar-refractivity contribution < 1.29 is 13.2 Å². The number of likely N-dealkylation sites (tertiary alicyclic amines) is 1. The van der Waals surface area contributed by atoms with Gasteiger partial charge in [-0.05, 0) is 57.7 Å². The first-order valence-corrected chi connectivity index (χ1v) is 6.00. The maximum atomic E-state index is 12.2. The number of hydrogen-bond donors (Lipinski definition) is 1. The largest absolute Gasteiger partial charge is 0.401 e. The summed E-state index contributed by atoms with van der Waals surface area (Å²) >= 11 is 0. The Labute approximate surface area is 95.0 Å². The molecule has 2 N–H and O–H groups in total. The van der Waals surface area contributed by atoms with Crippen molar-refractivity contribution in [2.75, 3.05) is 26.2 Å². The second kappa shape index (κ2) is 6.45. The van der Waals surface area contributed by atoms with Gasteiger partial charge >= 0.3 is 6.18 Å². The van der Waals surface area contributed by atoms with Crippen LogP contribution in [0.2, 0.25) is 0 Å². The van der Waals surface area contributed by atoms with Crippen LogP contribution in [0.3, 0.4) is 0 Å². The fourth-order valence-corrected chi connectivity index (χ4v) is 2.33. The van der Waals surface area contributed by atoms with Crippen LogP contribution in [0.1, 0.15) is 32.1 Å². The molecule has 1 fully saturated rings. The summed E-state index contributed by atoms with van der Waals surface area (Å²) in [5.74, 6) is 0.571. The number of halogens is 3. The van der Waals surface area contributed by atoms with E-state index in [0.717, 1.165) is 32.1 Å². The summed E-state index contributed by atoms with van der Waals surface area (Å²) in [5.41, 5.74) is 5.44. The van der Waals surface area contributed by atoms with E-state index < -0.39 is 12.7 Å². The molecule has 0 spiro atoms. The molecular weight excluding hydrogens is 217 g/mol. The first-order chi connectivity index (χ1) is 7.51. The molecule has 1 saturated heterocycles. The predicted molar refractivity (Wildman–Crippen MR) is 58.1 cm³/mol. The van der Waals surface area contributed by atoms with Crippen molar-refractivity contribution in [2.45, 2.75) is 38.3 Å². The summed E-state index contributed by atoms with van der Waals surface area (Å²) in [4.78, 5) is 1.53. The van der Waals surface area contributed by atoms with E-state index in [1.54, 1.807) is 0 Å². The van der Waals surface area contributed by atoms with Crippen molar-refractivity contribution in [2.24, 2.45) is 11.7 Å². The predicted octanol–water partition coefficient (Wildman–Crippen LogP) is 2.39. The minimum Gasteiger partial charge on any atom is -0.330 e. The second-order valence-corrected chi connectivity index (χ2v) is 4.62. The second-order valence-electron chi connectivity index (χ2n) is 4.62. The van der Waals surface area contributed by atoms with E-state index in [-0.39, 0.29) is 0 Å². The highest BCUT2D eigenvalue weighted by Gasteiger charge is 2.31. The van der Waals surface area contributed by atoms with Gasteiger partial charge in [-0.25, -0.2) is 0 Å². The molecule has 0 saturated carbocycles. The van der Waals surface area contributed by atoms with Crippen molar-refractivity contribution >= 4 is 0 Å². The third-order valence-corrected chi connectivity index (χ3v) is 3.16. The van der Waals surface area contributed by atoms with Crippen LogP contribution < -0.4 is 5.73 Å². The molecule has 1 aliphatic rings. The maximum absolute atomic E-state index is 12.2. The molecule has 0 amide bonds. The fourth-order valence-electron chi connectivity index (χ4n) is 2.33. The third-order valence-electron chi connectivity index (χ3n) is 3.16. The zero-order chi connectivity index (χ0) is 12.0. The zero-order valence-corrected chi connectivity index (χ0v) is 9.60. The van der Waals surface area contributed by atoms with Gasteiger partial charge in [0.25, 0.3) is 0 Å². The summed E-state index contributed by atoms with van der Waals surface area (Å²) in [6.07, 6.45) is 0.813. The third kappa shape index (κ3) is 5.70. The van der Waals surface area contributed by atoms with Gasteiger partial charge in [0.1, 0.15) is 0 Å². The lowest BCUT2D eigenvalue weighted by atomic mass is 9.95. The van der Waals surface area contributed by atoms with Crippen LogP contribution in [-0.4, -0.2) is 37.3 Å². The van der Waals surface area contributed by atoms with E-state index >= 15 is 0 Å². The minimum absolute atomic E-state index is 0.571. The molecule has 1 aliphatic heterocycles. The summed E-state index contributed by atoms with van der Waals surface area (Å²) in [6, 6.07) is 0. The Bertz CT molecular complexity index is 194. The first-order valence-electron chi connectivity index (χ1n) is 6.00. The van der Waals surface area contributed by atoms with Crippen LogP contribution >= 0.6 is 0 Å². The maximum Gasteiger partial charge on any atom is 0.401 e. The van der Waals surface area contributed by atoms with Gasteiger partial charge in [0, 0.05) is 0 Å². The average molecular weight is 238 g/mol. The highest BCUT2D eigenvalue weighted by molar-refractivity contribution is 4.72. The molecule has 0 aliphatic carbocycles. The highest BCUT2D eigenvalue weighted by atomic mass is 19.4. The van der Waals surface area contributed by atoms with Crippen LogP contribution in [0.4, 0.5) is 13.2 Å². The van der Waals surface area contributed by atoms with Gasteiger partial charge in [-0.1, -0.05) is 0 Å². The Balaban J connectivity index is 2.29. The molecular formula is C11H21F3N2. The monoisotopic (exact) mass is 238 g/mol. The summed E-state index contributed by atoms with van der Waals surface area (Å²) in [5, 5.41) is 0. The first kappa shape index (κ1) is 13.8. The van der Waals surface area contributed by atoms with Crippen LogP contribution in [0, 0.1) is 5.92 Å². The topological polar surface area (TPSA) is 29.3 Å². The number of nitrogens with two attached hydrogens (primary N) is 1. The van der Waals surface area contributed by atoms with Gasteiger partial charge in [-0.2, -0.15) is 13.2 Å². The van der Waals surface area contributed by atoms with Gasteiger partial charge in [0.2, 0.25) is 0 Å². The molecule has 1 rings (SSSR count). The summed E-state index contributed by atoms with van der Waals surface area (Å²) < 4.78 is 36.6. The number of hydrogen-bond acceptors (Lipinski definition) is 2. The quantitative estimate of drug-likeness (QED) is 0.814. The zero-order valence-electron chi connectivity index (χ0n) is 9.60. The average Bonchev–Trinajstić information content (AvgIpc) is 2.38. The Morgan fingerprint density at radius 1 is 1.19 bits per heavy atom. The van der Waals surface area contributed by atoms with Crippen molar-refractivity contribution in [3.8, 4) is 0 Å².